The lowest BCUT2D eigenvalue weighted by molar-refractivity contribution is -0.155. The smallest absolute Gasteiger partial charge is 0.337 e. The van der Waals surface area contributed by atoms with Crippen LogP contribution >= 0.6 is 0 Å². The molecule has 218 valence electrons. The molecule has 4 rings (SSSR count). The predicted molar refractivity (Wildman–Crippen MR) is 160 cm³/mol. The normalized spacial score (nSPS) is 12.4. The van der Waals surface area contributed by atoms with Crippen LogP contribution in [0.5, 0.6) is 0 Å². The van der Waals surface area contributed by atoms with Gasteiger partial charge in [0.25, 0.3) is 0 Å². The third kappa shape index (κ3) is 8.65. The van der Waals surface area contributed by atoms with Crippen LogP contribution in [0.25, 0.3) is 10.8 Å². The fraction of sp³-hybridized carbons (Fsp3) is 0.265. The maximum atomic E-state index is 13.5. The van der Waals surface area contributed by atoms with Crippen LogP contribution < -0.4 is 5.32 Å². The number of benzene rings is 4. The van der Waals surface area contributed by atoms with Crippen LogP contribution in [0.3, 0.4) is 0 Å². The van der Waals surface area contributed by atoms with Crippen LogP contribution in [-0.2, 0) is 38.7 Å². The lowest BCUT2D eigenvalue weighted by atomic mass is 10.0. The van der Waals surface area contributed by atoms with E-state index in [4.69, 9.17) is 9.47 Å². The Morgan fingerprint density at radius 1 is 0.714 bits per heavy atom. The van der Waals surface area contributed by atoms with Crippen molar-refractivity contribution in [2.45, 2.75) is 51.7 Å². The minimum atomic E-state index is -1.56. The van der Waals surface area contributed by atoms with E-state index in [0.717, 1.165) is 27.5 Å². The standard InChI is InChI=1S/C34H36N2O6/c1-24(2)36(21-31(37)33(39)42-23-26-13-7-4-8-14-26)34(40)35-30(32(38)41-22-25-11-5-3-6-12-25)20-27-17-18-28-15-9-10-16-29(28)19-27/h3-19,24,30-31,37H,20-23H2,1-2H3,(H,35,40). The first-order valence-electron chi connectivity index (χ1n) is 13.9. The zero-order chi connectivity index (χ0) is 29.9. The maximum Gasteiger partial charge on any atom is 0.337 e. The third-order valence-electron chi connectivity index (χ3n) is 6.81. The number of ether oxygens (including phenoxy) is 2. The molecule has 0 aliphatic rings. The van der Waals surface area contributed by atoms with E-state index in [2.05, 4.69) is 5.32 Å². The van der Waals surface area contributed by atoms with Gasteiger partial charge >= 0.3 is 18.0 Å². The topological polar surface area (TPSA) is 105 Å². The second-order valence-electron chi connectivity index (χ2n) is 10.3. The van der Waals surface area contributed by atoms with Gasteiger partial charge in [0.05, 0.1) is 6.54 Å². The summed E-state index contributed by atoms with van der Waals surface area (Å²) in [5.74, 6) is -1.43. The average Bonchev–Trinajstić information content (AvgIpc) is 3.01. The molecule has 8 nitrogen and oxygen atoms in total. The van der Waals surface area contributed by atoms with E-state index in [1.165, 1.54) is 4.90 Å². The largest absolute Gasteiger partial charge is 0.459 e. The molecule has 0 spiro atoms. The van der Waals surface area contributed by atoms with Gasteiger partial charge in [-0.15, -0.1) is 0 Å². The average molecular weight is 569 g/mol. The van der Waals surface area contributed by atoms with Gasteiger partial charge in [-0.2, -0.15) is 0 Å². The van der Waals surface area contributed by atoms with Gasteiger partial charge in [0.2, 0.25) is 0 Å². The zero-order valence-corrected chi connectivity index (χ0v) is 23.8. The van der Waals surface area contributed by atoms with Crippen molar-refractivity contribution in [2.75, 3.05) is 6.54 Å². The molecule has 0 radical (unpaired) electrons. The molecule has 8 heteroatoms. The molecule has 42 heavy (non-hydrogen) atoms. The number of aliphatic hydroxyl groups excluding tert-OH is 1. The minimum absolute atomic E-state index is 0.00565. The summed E-state index contributed by atoms with van der Waals surface area (Å²) in [6.45, 7) is 3.27. The highest BCUT2D eigenvalue weighted by Gasteiger charge is 2.30. The zero-order valence-electron chi connectivity index (χ0n) is 23.8. The molecule has 0 saturated carbocycles. The molecule has 2 amide bonds. The SMILES string of the molecule is CC(C)N(CC(O)C(=O)OCc1ccccc1)C(=O)NC(Cc1ccc2ccccc2c1)C(=O)OCc1ccccc1. The van der Waals surface area contributed by atoms with Crippen molar-refractivity contribution in [1.29, 1.82) is 0 Å². The molecule has 2 unspecified atom stereocenters. The number of amides is 2. The molecular weight excluding hydrogens is 532 g/mol. The molecule has 2 N–H and O–H groups in total. The predicted octanol–water partition coefficient (Wildman–Crippen LogP) is 5.02. The number of hydrogen-bond acceptors (Lipinski definition) is 6. The molecule has 0 saturated heterocycles. The highest BCUT2D eigenvalue weighted by Crippen LogP contribution is 2.18. The van der Waals surface area contributed by atoms with E-state index >= 15 is 0 Å². The number of nitrogens with zero attached hydrogens (tertiary/aromatic N) is 1. The lowest BCUT2D eigenvalue weighted by Crippen LogP contribution is -2.53. The first kappa shape index (κ1) is 30.3. The Bertz CT molecular complexity index is 1480. The monoisotopic (exact) mass is 568 g/mol. The molecule has 0 bridgehead atoms. The van der Waals surface area contributed by atoms with E-state index in [-0.39, 0.29) is 32.2 Å². The molecule has 4 aromatic rings. The number of carbonyl (C=O) groups is 3. The Hall–Kier alpha value is -4.69. The lowest BCUT2D eigenvalue weighted by Gasteiger charge is -2.30. The van der Waals surface area contributed by atoms with Crippen LogP contribution in [0.15, 0.2) is 103 Å². The molecule has 0 aliphatic carbocycles. The summed E-state index contributed by atoms with van der Waals surface area (Å²) in [5, 5.41) is 15.4. The molecular formula is C34H36N2O6. The van der Waals surface area contributed by atoms with E-state index in [1.54, 1.807) is 26.0 Å². The fourth-order valence-electron chi connectivity index (χ4n) is 4.47. The maximum absolute atomic E-state index is 13.5. The van der Waals surface area contributed by atoms with Gasteiger partial charge in [-0.25, -0.2) is 14.4 Å². The van der Waals surface area contributed by atoms with Crippen molar-refractivity contribution < 1.29 is 29.0 Å². The van der Waals surface area contributed by atoms with Crippen LogP contribution in [-0.4, -0.2) is 52.7 Å². The van der Waals surface area contributed by atoms with Crippen molar-refractivity contribution in [3.8, 4) is 0 Å². The van der Waals surface area contributed by atoms with Crippen molar-refractivity contribution in [3.05, 3.63) is 120 Å². The van der Waals surface area contributed by atoms with Gasteiger partial charge in [-0.05, 0) is 41.3 Å². The number of urea groups is 1. The molecule has 4 aromatic carbocycles. The Balaban J connectivity index is 1.45. The van der Waals surface area contributed by atoms with Gasteiger partial charge in [0.15, 0.2) is 6.10 Å². The summed E-state index contributed by atoms with van der Waals surface area (Å²) in [6.07, 6.45) is -1.37. The highest BCUT2D eigenvalue weighted by molar-refractivity contribution is 5.86. The van der Waals surface area contributed by atoms with Gasteiger partial charge < -0.3 is 24.8 Å². The Morgan fingerprint density at radius 3 is 1.86 bits per heavy atom. The fourth-order valence-corrected chi connectivity index (χ4v) is 4.47. The number of aliphatic hydroxyl groups is 1. The summed E-state index contributed by atoms with van der Waals surface area (Å²) in [7, 11) is 0. The van der Waals surface area contributed by atoms with E-state index < -0.39 is 30.1 Å². The summed E-state index contributed by atoms with van der Waals surface area (Å²) >= 11 is 0. The van der Waals surface area contributed by atoms with Crippen molar-refractivity contribution >= 4 is 28.7 Å². The first-order valence-corrected chi connectivity index (χ1v) is 13.9. The summed E-state index contributed by atoms with van der Waals surface area (Å²) < 4.78 is 10.8. The Kier molecular flexibility index (Phi) is 10.7. The number of carbonyl (C=O) groups excluding carboxylic acids is 3. The quantitative estimate of drug-likeness (QED) is 0.233. The molecule has 2 atom stereocenters. The number of rotatable bonds is 12. The Labute approximate surface area is 245 Å². The number of esters is 2. The molecule has 0 heterocycles. The Morgan fingerprint density at radius 2 is 1.26 bits per heavy atom. The van der Waals surface area contributed by atoms with E-state index in [9.17, 15) is 19.5 Å². The van der Waals surface area contributed by atoms with Gasteiger partial charge in [0, 0.05) is 12.5 Å². The van der Waals surface area contributed by atoms with Crippen molar-refractivity contribution in [3.63, 3.8) is 0 Å². The summed E-state index contributed by atoms with van der Waals surface area (Å²) in [6, 6.07) is 30.1. The van der Waals surface area contributed by atoms with Crippen LogP contribution in [0.2, 0.25) is 0 Å². The van der Waals surface area contributed by atoms with Crippen LogP contribution in [0.1, 0.15) is 30.5 Å². The van der Waals surface area contributed by atoms with Crippen LogP contribution in [0, 0.1) is 0 Å². The van der Waals surface area contributed by atoms with Gasteiger partial charge in [-0.1, -0.05) is 103 Å². The van der Waals surface area contributed by atoms with Gasteiger partial charge in [0.1, 0.15) is 19.3 Å². The second-order valence-corrected chi connectivity index (χ2v) is 10.3. The molecule has 0 fully saturated rings. The van der Waals surface area contributed by atoms with Crippen molar-refractivity contribution in [1.82, 2.24) is 10.2 Å². The first-order chi connectivity index (χ1) is 20.3. The van der Waals surface area contributed by atoms with Crippen molar-refractivity contribution in [2.24, 2.45) is 0 Å². The van der Waals surface area contributed by atoms with E-state index in [1.807, 2.05) is 91.0 Å². The number of hydrogen-bond donors (Lipinski definition) is 2. The molecule has 0 aliphatic heterocycles. The highest BCUT2D eigenvalue weighted by atomic mass is 16.5. The number of fused-ring (bicyclic) bond motifs is 1. The molecule has 0 aromatic heterocycles. The number of nitrogens with one attached hydrogen (secondary N) is 1. The van der Waals surface area contributed by atoms with E-state index in [0.29, 0.717) is 0 Å². The summed E-state index contributed by atoms with van der Waals surface area (Å²) in [4.78, 5) is 40.5. The summed E-state index contributed by atoms with van der Waals surface area (Å²) in [5.41, 5.74) is 2.45. The third-order valence-corrected chi connectivity index (χ3v) is 6.81. The van der Waals surface area contributed by atoms with Gasteiger partial charge in [-0.3, -0.25) is 0 Å². The second kappa shape index (κ2) is 14.8. The minimum Gasteiger partial charge on any atom is -0.459 e. The van der Waals surface area contributed by atoms with Crippen LogP contribution in [0.4, 0.5) is 4.79 Å².